The second-order valence-electron chi connectivity index (χ2n) is 7.02. The average molecular weight is 417 g/mol. The summed E-state index contributed by atoms with van der Waals surface area (Å²) in [5.41, 5.74) is 3.20. The summed E-state index contributed by atoms with van der Waals surface area (Å²) in [4.78, 5) is 12.4. The Labute approximate surface area is 180 Å². The van der Waals surface area contributed by atoms with E-state index in [0.29, 0.717) is 11.5 Å². The van der Waals surface area contributed by atoms with Gasteiger partial charge in [0.05, 0.1) is 23.7 Å². The third kappa shape index (κ3) is 4.66. The highest BCUT2D eigenvalue weighted by molar-refractivity contribution is 7.99. The molecule has 1 unspecified atom stereocenters. The summed E-state index contributed by atoms with van der Waals surface area (Å²) in [6.07, 6.45) is 5.91. The Bertz CT molecular complexity index is 1080. The molecule has 0 aliphatic heterocycles. The smallest absolute Gasteiger partial charge is 0.230 e. The van der Waals surface area contributed by atoms with Crippen molar-refractivity contribution >= 4 is 17.7 Å². The molecule has 6 heteroatoms. The number of para-hydroxylation sites is 1. The molecule has 2 aromatic carbocycles. The molecule has 0 radical (unpaired) electrons. The average Bonchev–Trinajstić information content (AvgIpc) is 3.44. The topological polar surface area (TPSA) is 51.9 Å². The minimum Gasteiger partial charge on any atom is -0.349 e. The lowest BCUT2D eigenvalue weighted by Gasteiger charge is -2.14. The van der Waals surface area contributed by atoms with E-state index in [1.807, 2.05) is 103 Å². The van der Waals surface area contributed by atoms with E-state index < -0.39 is 0 Å². The van der Waals surface area contributed by atoms with Crippen molar-refractivity contribution in [2.75, 3.05) is 5.75 Å². The molecule has 0 aliphatic rings. The minimum absolute atomic E-state index is 0.00411. The number of nitrogens with zero attached hydrogens (tertiary/aromatic N) is 3. The van der Waals surface area contributed by atoms with Crippen molar-refractivity contribution in [2.24, 2.45) is 0 Å². The van der Waals surface area contributed by atoms with Gasteiger partial charge in [0, 0.05) is 23.7 Å². The Balaban J connectivity index is 1.43. The third-order valence-electron chi connectivity index (χ3n) is 4.83. The summed E-state index contributed by atoms with van der Waals surface area (Å²) < 4.78 is 4.00. The van der Waals surface area contributed by atoms with Crippen molar-refractivity contribution in [3.63, 3.8) is 0 Å². The van der Waals surface area contributed by atoms with Gasteiger partial charge in [0.1, 0.15) is 5.82 Å². The molecule has 1 amide bonds. The number of hydrogen-bond acceptors (Lipinski definition) is 3. The molecular weight excluding hydrogens is 392 g/mol. The van der Waals surface area contributed by atoms with Gasteiger partial charge in [-0.25, -0.2) is 4.68 Å². The van der Waals surface area contributed by atoms with E-state index >= 15 is 0 Å². The molecule has 2 aromatic heterocycles. The fraction of sp³-hybridized carbons (Fsp3) is 0.167. The number of rotatable bonds is 8. The van der Waals surface area contributed by atoms with Gasteiger partial charge in [-0.1, -0.05) is 48.5 Å². The zero-order chi connectivity index (χ0) is 20.8. The molecule has 1 N–H and O–H groups in total. The molecule has 30 heavy (non-hydrogen) atoms. The largest absolute Gasteiger partial charge is 0.349 e. The normalized spacial score (nSPS) is 11.9. The molecule has 0 saturated heterocycles. The van der Waals surface area contributed by atoms with Crippen LogP contribution in [0.2, 0.25) is 0 Å². The van der Waals surface area contributed by atoms with E-state index in [1.165, 1.54) is 0 Å². The first-order valence-corrected chi connectivity index (χ1v) is 11.1. The summed E-state index contributed by atoms with van der Waals surface area (Å²) in [6.45, 7) is 2.01. The zero-order valence-electron chi connectivity index (χ0n) is 16.8. The lowest BCUT2D eigenvalue weighted by Crippen LogP contribution is -2.28. The number of carbonyl (C=O) groups is 1. The summed E-state index contributed by atoms with van der Waals surface area (Å²) in [7, 11) is 0. The summed E-state index contributed by atoms with van der Waals surface area (Å²) in [6, 6.07) is 24.1. The highest BCUT2D eigenvalue weighted by Crippen LogP contribution is 2.23. The highest BCUT2D eigenvalue weighted by atomic mass is 32.2. The summed E-state index contributed by atoms with van der Waals surface area (Å²) in [5, 5.41) is 7.68. The van der Waals surface area contributed by atoms with Gasteiger partial charge >= 0.3 is 0 Å². The van der Waals surface area contributed by atoms with Gasteiger partial charge in [-0.2, -0.15) is 5.10 Å². The molecule has 0 bridgehead atoms. The van der Waals surface area contributed by atoms with Gasteiger partial charge in [0.25, 0.3) is 0 Å². The predicted octanol–water partition coefficient (Wildman–Crippen LogP) is 4.77. The van der Waals surface area contributed by atoms with Gasteiger partial charge < -0.3 is 9.88 Å². The van der Waals surface area contributed by atoms with E-state index in [0.717, 1.165) is 22.6 Å². The monoisotopic (exact) mass is 416 g/mol. The van der Waals surface area contributed by atoms with Crippen LogP contribution >= 0.6 is 11.8 Å². The SMILES string of the molecule is CC(NC(=O)CSCc1cnn(-c2ccccc2)c1-n1cccc1)c1ccccc1. The van der Waals surface area contributed by atoms with E-state index in [4.69, 9.17) is 0 Å². The van der Waals surface area contributed by atoms with Crippen molar-refractivity contribution in [3.8, 4) is 11.5 Å². The Morgan fingerprint density at radius 2 is 1.67 bits per heavy atom. The molecule has 0 fully saturated rings. The first kappa shape index (κ1) is 20.0. The van der Waals surface area contributed by atoms with E-state index in [-0.39, 0.29) is 11.9 Å². The van der Waals surface area contributed by atoms with Crippen molar-refractivity contribution in [2.45, 2.75) is 18.7 Å². The Morgan fingerprint density at radius 1 is 1.00 bits per heavy atom. The van der Waals surface area contributed by atoms with Gasteiger partial charge in [0.15, 0.2) is 0 Å². The lowest BCUT2D eigenvalue weighted by atomic mass is 10.1. The Hall–Kier alpha value is -3.25. The van der Waals surface area contributed by atoms with Crippen LogP contribution in [-0.4, -0.2) is 26.0 Å². The summed E-state index contributed by atoms with van der Waals surface area (Å²) >= 11 is 1.59. The number of aromatic nitrogens is 3. The summed E-state index contributed by atoms with van der Waals surface area (Å²) in [5.74, 6) is 2.14. The maximum Gasteiger partial charge on any atom is 0.230 e. The second kappa shape index (κ2) is 9.50. The van der Waals surface area contributed by atoms with Crippen LogP contribution in [0.5, 0.6) is 0 Å². The molecule has 0 spiro atoms. The zero-order valence-corrected chi connectivity index (χ0v) is 17.6. The fourth-order valence-electron chi connectivity index (χ4n) is 3.35. The second-order valence-corrected chi connectivity index (χ2v) is 8.01. The van der Waals surface area contributed by atoms with Gasteiger partial charge in [-0.15, -0.1) is 11.8 Å². The predicted molar refractivity (Wildman–Crippen MR) is 122 cm³/mol. The van der Waals surface area contributed by atoms with Crippen molar-refractivity contribution in [1.82, 2.24) is 19.7 Å². The number of carbonyl (C=O) groups excluding carboxylic acids is 1. The minimum atomic E-state index is -0.00411. The van der Waals surface area contributed by atoms with Gasteiger partial charge in [0.2, 0.25) is 5.91 Å². The maximum atomic E-state index is 12.4. The van der Waals surface area contributed by atoms with Crippen molar-refractivity contribution in [3.05, 3.63) is 103 Å². The van der Waals surface area contributed by atoms with Crippen LogP contribution in [0, 0.1) is 0 Å². The number of benzene rings is 2. The third-order valence-corrected chi connectivity index (χ3v) is 5.82. The first-order chi connectivity index (χ1) is 14.7. The van der Waals surface area contributed by atoms with Crippen LogP contribution in [0.25, 0.3) is 11.5 Å². The quantitative estimate of drug-likeness (QED) is 0.450. The van der Waals surface area contributed by atoms with Crippen molar-refractivity contribution in [1.29, 1.82) is 0 Å². The number of thioether (sulfide) groups is 1. The lowest BCUT2D eigenvalue weighted by molar-refractivity contribution is -0.119. The van der Waals surface area contributed by atoms with Gasteiger partial charge in [-0.3, -0.25) is 4.79 Å². The molecule has 4 aromatic rings. The molecule has 0 saturated carbocycles. The van der Waals surface area contributed by atoms with Crippen LogP contribution in [-0.2, 0) is 10.5 Å². The Kier molecular flexibility index (Phi) is 6.35. The Morgan fingerprint density at radius 3 is 2.37 bits per heavy atom. The molecule has 152 valence electrons. The van der Waals surface area contributed by atoms with E-state index in [1.54, 1.807) is 11.8 Å². The van der Waals surface area contributed by atoms with Gasteiger partial charge in [-0.05, 0) is 36.8 Å². The number of hydrogen-bond donors (Lipinski definition) is 1. The van der Waals surface area contributed by atoms with Crippen LogP contribution in [0.4, 0.5) is 0 Å². The fourth-order valence-corrected chi connectivity index (χ4v) is 4.14. The van der Waals surface area contributed by atoms with E-state index in [2.05, 4.69) is 15.0 Å². The molecule has 0 aliphatic carbocycles. The first-order valence-electron chi connectivity index (χ1n) is 9.90. The number of amides is 1. The highest BCUT2D eigenvalue weighted by Gasteiger charge is 2.15. The van der Waals surface area contributed by atoms with Crippen LogP contribution < -0.4 is 5.32 Å². The molecule has 4 rings (SSSR count). The van der Waals surface area contributed by atoms with Crippen LogP contribution in [0.15, 0.2) is 91.4 Å². The van der Waals surface area contributed by atoms with Crippen LogP contribution in [0.3, 0.4) is 0 Å². The van der Waals surface area contributed by atoms with Crippen LogP contribution in [0.1, 0.15) is 24.1 Å². The molecule has 5 nitrogen and oxygen atoms in total. The molecular formula is C24H24N4OS. The van der Waals surface area contributed by atoms with Crippen molar-refractivity contribution < 1.29 is 4.79 Å². The standard InChI is InChI=1S/C24H24N4OS/c1-19(20-10-4-2-5-11-20)26-23(29)18-30-17-21-16-25-28(22-12-6-3-7-13-22)24(21)27-14-8-9-15-27/h2-16,19H,17-18H2,1H3,(H,26,29). The number of nitrogens with one attached hydrogen (secondary N) is 1. The maximum absolute atomic E-state index is 12.4. The van der Waals surface area contributed by atoms with E-state index in [9.17, 15) is 4.79 Å². The molecule has 2 heterocycles. The molecule has 1 atom stereocenters.